The molecule has 0 unspecified atom stereocenters. The zero-order valence-electron chi connectivity index (χ0n) is 15.1. The number of likely N-dealkylation sites (tertiary alicyclic amines) is 2. The van der Waals surface area contributed by atoms with Crippen LogP contribution in [0.4, 0.5) is 0 Å². The maximum absolute atomic E-state index is 12.9. The van der Waals surface area contributed by atoms with Gasteiger partial charge in [0, 0.05) is 37.2 Å². The third-order valence-electron chi connectivity index (χ3n) is 5.74. The van der Waals surface area contributed by atoms with Crippen molar-refractivity contribution in [2.24, 2.45) is 11.8 Å². The zero-order valence-corrected chi connectivity index (χ0v) is 15.1. The number of benzene rings is 1. The minimum Gasteiger partial charge on any atom is -0.481 e. The fourth-order valence-corrected chi connectivity index (χ4v) is 4.11. The molecule has 0 aliphatic carbocycles. The van der Waals surface area contributed by atoms with Crippen molar-refractivity contribution in [1.82, 2.24) is 9.80 Å². The van der Waals surface area contributed by atoms with Gasteiger partial charge in [-0.05, 0) is 44.7 Å². The molecule has 2 heterocycles. The highest BCUT2D eigenvalue weighted by Crippen LogP contribution is 2.28. The molecule has 1 aromatic rings. The van der Waals surface area contributed by atoms with Crippen LogP contribution >= 0.6 is 0 Å². The van der Waals surface area contributed by atoms with Gasteiger partial charge in [0.1, 0.15) is 0 Å². The Morgan fingerprint density at radius 2 is 1.65 bits per heavy atom. The van der Waals surface area contributed by atoms with Gasteiger partial charge in [0.25, 0.3) is 5.91 Å². The Labute approximate surface area is 153 Å². The summed E-state index contributed by atoms with van der Waals surface area (Å²) in [5.41, 5.74) is 0.672. The van der Waals surface area contributed by atoms with Crippen LogP contribution in [0.25, 0.3) is 0 Å². The number of amides is 2. The Balaban J connectivity index is 1.58. The molecule has 6 heteroatoms. The monoisotopic (exact) mass is 358 g/mol. The van der Waals surface area contributed by atoms with Crippen LogP contribution in [0.15, 0.2) is 30.3 Å². The van der Waals surface area contributed by atoms with E-state index in [1.54, 1.807) is 21.9 Å². The molecular formula is C20H26N2O4. The molecule has 2 aliphatic rings. The summed E-state index contributed by atoms with van der Waals surface area (Å²) < 4.78 is 0. The van der Waals surface area contributed by atoms with E-state index in [1.807, 2.05) is 25.1 Å². The van der Waals surface area contributed by atoms with E-state index in [4.69, 9.17) is 0 Å². The van der Waals surface area contributed by atoms with Crippen LogP contribution in [-0.2, 0) is 9.59 Å². The first-order valence-electron chi connectivity index (χ1n) is 9.36. The number of carbonyl (C=O) groups excluding carboxylic acids is 2. The fraction of sp³-hybridized carbons (Fsp3) is 0.550. The summed E-state index contributed by atoms with van der Waals surface area (Å²) in [5.74, 6) is -1.36. The third-order valence-corrected chi connectivity index (χ3v) is 5.74. The second-order valence-electron chi connectivity index (χ2n) is 7.29. The van der Waals surface area contributed by atoms with Gasteiger partial charge in [-0.2, -0.15) is 0 Å². The van der Waals surface area contributed by atoms with E-state index in [0.29, 0.717) is 44.5 Å². The number of carboxylic acids is 1. The molecule has 2 aliphatic heterocycles. The van der Waals surface area contributed by atoms with Crippen LogP contribution in [-0.4, -0.2) is 58.4 Å². The van der Waals surface area contributed by atoms with Crippen LogP contribution in [0, 0.1) is 11.8 Å². The summed E-state index contributed by atoms with van der Waals surface area (Å²) >= 11 is 0. The molecule has 2 amide bonds. The molecule has 0 saturated carbocycles. The second-order valence-corrected chi connectivity index (χ2v) is 7.29. The van der Waals surface area contributed by atoms with Gasteiger partial charge in [-0.1, -0.05) is 18.2 Å². The van der Waals surface area contributed by atoms with Crippen LogP contribution in [0.5, 0.6) is 0 Å². The minimum absolute atomic E-state index is 0.00813. The largest absolute Gasteiger partial charge is 0.481 e. The number of hydrogen-bond donors (Lipinski definition) is 1. The second kappa shape index (κ2) is 7.89. The summed E-state index contributed by atoms with van der Waals surface area (Å²) in [6, 6.07) is 8.92. The van der Waals surface area contributed by atoms with Crippen LogP contribution < -0.4 is 0 Å². The first kappa shape index (κ1) is 18.4. The van der Waals surface area contributed by atoms with Gasteiger partial charge in [-0.15, -0.1) is 0 Å². The summed E-state index contributed by atoms with van der Waals surface area (Å²) in [4.78, 5) is 40.4. The zero-order chi connectivity index (χ0) is 18.7. The Hall–Kier alpha value is -2.37. The smallest absolute Gasteiger partial charge is 0.308 e. The van der Waals surface area contributed by atoms with Crippen molar-refractivity contribution in [3.05, 3.63) is 35.9 Å². The Morgan fingerprint density at radius 3 is 2.27 bits per heavy atom. The molecule has 0 radical (unpaired) electrons. The topological polar surface area (TPSA) is 77.9 Å². The average molecular weight is 358 g/mol. The summed E-state index contributed by atoms with van der Waals surface area (Å²) in [5, 5.41) is 9.34. The van der Waals surface area contributed by atoms with Crippen molar-refractivity contribution >= 4 is 17.8 Å². The van der Waals surface area contributed by atoms with E-state index in [1.165, 1.54) is 0 Å². The van der Waals surface area contributed by atoms with Crippen molar-refractivity contribution in [1.29, 1.82) is 0 Å². The van der Waals surface area contributed by atoms with Crippen molar-refractivity contribution in [2.45, 2.75) is 38.6 Å². The molecule has 26 heavy (non-hydrogen) atoms. The number of piperidine rings is 2. The molecule has 0 aromatic heterocycles. The predicted molar refractivity (Wildman–Crippen MR) is 96.6 cm³/mol. The molecule has 6 nitrogen and oxygen atoms in total. The highest BCUT2D eigenvalue weighted by atomic mass is 16.4. The van der Waals surface area contributed by atoms with Crippen LogP contribution in [0.1, 0.15) is 43.0 Å². The fourth-order valence-electron chi connectivity index (χ4n) is 4.11. The molecule has 1 aromatic carbocycles. The summed E-state index contributed by atoms with van der Waals surface area (Å²) in [6.45, 7) is 3.60. The van der Waals surface area contributed by atoms with Gasteiger partial charge < -0.3 is 14.9 Å². The standard InChI is InChI=1S/C20H26N2O4/c1-14-17(20(25)26)8-5-11-22(14)19(24)16-9-12-21(13-10-16)18(23)15-6-3-2-4-7-15/h2-4,6-7,14,16-17H,5,8-13H2,1H3,(H,25,26)/t14-,17-/m1/s1. The number of hydrogen-bond acceptors (Lipinski definition) is 3. The van der Waals surface area contributed by atoms with Crippen molar-refractivity contribution < 1.29 is 19.5 Å². The minimum atomic E-state index is -0.821. The van der Waals surface area contributed by atoms with Gasteiger partial charge in [0.2, 0.25) is 5.91 Å². The molecule has 2 fully saturated rings. The molecule has 0 spiro atoms. The Kier molecular flexibility index (Phi) is 5.59. The lowest BCUT2D eigenvalue weighted by Gasteiger charge is -2.41. The maximum Gasteiger partial charge on any atom is 0.308 e. The number of nitrogens with zero attached hydrogens (tertiary/aromatic N) is 2. The van der Waals surface area contributed by atoms with Crippen molar-refractivity contribution in [2.75, 3.05) is 19.6 Å². The van der Waals surface area contributed by atoms with Crippen LogP contribution in [0.2, 0.25) is 0 Å². The Morgan fingerprint density at radius 1 is 1.00 bits per heavy atom. The van der Waals surface area contributed by atoms with Crippen molar-refractivity contribution in [3.63, 3.8) is 0 Å². The van der Waals surface area contributed by atoms with Gasteiger partial charge in [-0.3, -0.25) is 14.4 Å². The van der Waals surface area contributed by atoms with E-state index < -0.39 is 11.9 Å². The molecule has 0 bridgehead atoms. The number of carboxylic acid groups (broad SMARTS) is 1. The quantitative estimate of drug-likeness (QED) is 0.899. The van der Waals surface area contributed by atoms with Crippen LogP contribution in [0.3, 0.4) is 0 Å². The maximum atomic E-state index is 12.9. The highest BCUT2D eigenvalue weighted by molar-refractivity contribution is 5.94. The lowest BCUT2D eigenvalue weighted by molar-refractivity contribution is -0.151. The van der Waals surface area contributed by atoms with Gasteiger partial charge in [0.15, 0.2) is 0 Å². The Bertz CT molecular complexity index is 668. The first-order chi connectivity index (χ1) is 12.5. The third kappa shape index (κ3) is 3.74. The summed E-state index contributed by atoms with van der Waals surface area (Å²) in [7, 11) is 0. The van der Waals surface area contributed by atoms with E-state index in [-0.39, 0.29) is 23.8 Å². The van der Waals surface area contributed by atoms with E-state index >= 15 is 0 Å². The summed E-state index contributed by atoms with van der Waals surface area (Å²) in [6.07, 6.45) is 2.64. The molecule has 1 N–H and O–H groups in total. The normalized spacial score (nSPS) is 24.3. The number of carbonyl (C=O) groups is 3. The molecule has 2 saturated heterocycles. The molecule has 2 atom stereocenters. The van der Waals surface area contributed by atoms with E-state index in [0.717, 1.165) is 6.42 Å². The van der Waals surface area contributed by atoms with Gasteiger partial charge >= 0.3 is 5.97 Å². The predicted octanol–water partition coefficient (Wildman–Crippen LogP) is 2.25. The molecular weight excluding hydrogens is 332 g/mol. The van der Waals surface area contributed by atoms with Gasteiger partial charge in [-0.25, -0.2) is 0 Å². The average Bonchev–Trinajstić information content (AvgIpc) is 2.67. The molecule has 3 rings (SSSR count). The SMILES string of the molecule is C[C@@H]1[C@H](C(=O)O)CCCN1C(=O)C1CCN(C(=O)c2ccccc2)CC1. The van der Waals surface area contributed by atoms with Crippen molar-refractivity contribution in [3.8, 4) is 0 Å². The lowest BCUT2D eigenvalue weighted by Crippen LogP contribution is -2.52. The van der Waals surface area contributed by atoms with E-state index in [9.17, 15) is 19.5 Å². The molecule has 140 valence electrons. The van der Waals surface area contributed by atoms with Gasteiger partial charge in [0.05, 0.1) is 5.92 Å². The van der Waals surface area contributed by atoms with E-state index in [2.05, 4.69) is 0 Å². The highest BCUT2D eigenvalue weighted by Gasteiger charge is 2.38. The first-order valence-corrected chi connectivity index (χ1v) is 9.36. The number of aliphatic carboxylic acids is 1. The number of rotatable bonds is 3. The lowest BCUT2D eigenvalue weighted by atomic mass is 9.87.